The zero-order valence-electron chi connectivity index (χ0n) is 12.0. The molecule has 4 heteroatoms. The number of hydrogen-bond acceptors (Lipinski definition) is 3. The van der Waals surface area contributed by atoms with Gasteiger partial charge in [0, 0.05) is 10.9 Å². The predicted molar refractivity (Wildman–Crippen MR) is 87.7 cm³/mol. The summed E-state index contributed by atoms with van der Waals surface area (Å²) in [5.41, 5.74) is 1.86. The lowest BCUT2D eigenvalue weighted by Crippen LogP contribution is -2.30. The van der Waals surface area contributed by atoms with E-state index < -0.39 is 6.10 Å². The summed E-state index contributed by atoms with van der Waals surface area (Å²) in [6.45, 7) is 6.92. The van der Waals surface area contributed by atoms with Crippen LogP contribution in [0.3, 0.4) is 0 Å². The molecule has 2 nitrogen and oxygen atoms in total. The van der Waals surface area contributed by atoms with E-state index in [1.165, 1.54) is 4.88 Å². The number of nitrogens with zero attached hydrogens (tertiary/aromatic N) is 1. The Morgan fingerprint density at radius 1 is 1.25 bits per heavy atom. The Hall–Kier alpha value is -1.03. The highest BCUT2D eigenvalue weighted by Gasteiger charge is 2.16. The van der Waals surface area contributed by atoms with Crippen LogP contribution in [0.5, 0.6) is 0 Å². The lowest BCUT2D eigenvalue weighted by atomic mass is 10.1. The Balaban J connectivity index is 2.30. The molecule has 2 rings (SSSR count). The van der Waals surface area contributed by atoms with Gasteiger partial charge in [0.15, 0.2) is 0 Å². The number of benzene rings is 1. The number of aliphatic hydroxyl groups excluding tert-OH is 1. The summed E-state index contributed by atoms with van der Waals surface area (Å²) in [6, 6.07) is 10.3. The van der Waals surface area contributed by atoms with Crippen LogP contribution in [0.1, 0.15) is 37.3 Å². The van der Waals surface area contributed by atoms with Crippen molar-refractivity contribution in [3.8, 4) is 0 Å². The van der Waals surface area contributed by atoms with Crippen molar-refractivity contribution in [3.63, 3.8) is 0 Å². The van der Waals surface area contributed by atoms with Crippen molar-refractivity contribution in [1.29, 1.82) is 0 Å². The quantitative estimate of drug-likeness (QED) is 0.851. The van der Waals surface area contributed by atoms with Gasteiger partial charge in [0.2, 0.25) is 0 Å². The zero-order chi connectivity index (χ0) is 14.7. The van der Waals surface area contributed by atoms with Gasteiger partial charge in [-0.05, 0) is 49.9 Å². The Morgan fingerprint density at radius 2 is 2.00 bits per heavy atom. The highest BCUT2D eigenvalue weighted by Crippen LogP contribution is 2.31. The SMILES string of the molecule is CC(C)N(Cc1cccs1)c1ccc([C@@H](C)O)cc1Cl. The van der Waals surface area contributed by atoms with Crippen LogP contribution in [-0.4, -0.2) is 11.1 Å². The lowest BCUT2D eigenvalue weighted by molar-refractivity contribution is 0.199. The molecule has 0 saturated heterocycles. The first-order valence-corrected chi connectivity index (χ1v) is 8.01. The van der Waals surface area contributed by atoms with E-state index in [1.54, 1.807) is 18.3 Å². The molecule has 0 amide bonds. The second-order valence-corrected chi connectivity index (χ2v) is 6.63. The highest BCUT2D eigenvalue weighted by atomic mass is 35.5. The van der Waals surface area contributed by atoms with E-state index >= 15 is 0 Å². The molecule has 0 spiro atoms. The van der Waals surface area contributed by atoms with Gasteiger partial charge < -0.3 is 10.0 Å². The standard InChI is InChI=1S/C16H20ClNOS/c1-11(2)18(10-14-5-4-8-20-14)16-7-6-13(12(3)19)9-15(16)17/h4-9,11-12,19H,10H2,1-3H3/t12-/m1/s1. The van der Waals surface area contributed by atoms with Crippen molar-refractivity contribution < 1.29 is 5.11 Å². The first-order valence-electron chi connectivity index (χ1n) is 6.75. The molecule has 0 aliphatic heterocycles. The molecule has 108 valence electrons. The largest absolute Gasteiger partial charge is 0.389 e. The molecule has 1 aromatic heterocycles. The molecule has 0 radical (unpaired) electrons. The highest BCUT2D eigenvalue weighted by molar-refractivity contribution is 7.09. The maximum absolute atomic E-state index is 9.62. The van der Waals surface area contributed by atoms with E-state index in [2.05, 4.69) is 36.3 Å². The van der Waals surface area contributed by atoms with Gasteiger partial charge in [-0.3, -0.25) is 0 Å². The summed E-state index contributed by atoms with van der Waals surface area (Å²) >= 11 is 8.16. The van der Waals surface area contributed by atoms with Crippen LogP contribution in [0.15, 0.2) is 35.7 Å². The molecule has 0 aliphatic rings. The first-order chi connectivity index (χ1) is 9.49. The Labute approximate surface area is 129 Å². The molecule has 0 unspecified atom stereocenters. The van der Waals surface area contributed by atoms with Gasteiger partial charge in [-0.1, -0.05) is 23.7 Å². The number of anilines is 1. The molecule has 0 saturated carbocycles. The van der Waals surface area contributed by atoms with E-state index in [0.29, 0.717) is 11.1 Å². The summed E-state index contributed by atoms with van der Waals surface area (Å²) in [5, 5.41) is 12.4. The first kappa shape index (κ1) is 15.4. The predicted octanol–water partition coefficient (Wildman–Crippen LogP) is 4.87. The molecule has 2 aromatic rings. The van der Waals surface area contributed by atoms with Gasteiger partial charge in [-0.15, -0.1) is 11.3 Å². The van der Waals surface area contributed by atoms with Crippen LogP contribution >= 0.6 is 22.9 Å². The van der Waals surface area contributed by atoms with E-state index in [9.17, 15) is 5.11 Å². The fourth-order valence-electron chi connectivity index (χ4n) is 2.13. The van der Waals surface area contributed by atoms with E-state index in [0.717, 1.165) is 17.8 Å². The van der Waals surface area contributed by atoms with Crippen molar-refractivity contribution in [2.45, 2.75) is 39.5 Å². The minimum Gasteiger partial charge on any atom is -0.389 e. The van der Waals surface area contributed by atoms with Gasteiger partial charge in [0.1, 0.15) is 0 Å². The average Bonchev–Trinajstić information content (AvgIpc) is 2.89. The number of halogens is 1. The number of hydrogen-bond donors (Lipinski definition) is 1. The Kier molecular flexibility index (Phi) is 5.08. The number of aliphatic hydroxyl groups is 1. The van der Waals surface area contributed by atoms with Gasteiger partial charge >= 0.3 is 0 Å². The minimum absolute atomic E-state index is 0.354. The van der Waals surface area contributed by atoms with Crippen LogP contribution in [0.2, 0.25) is 5.02 Å². The van der Waals surface area contributed by atoms with Gasteiger partial charge in [-0.25, -0.2) is 0 Å². The Bertz CT molecular complexity index is 552. The van der Waals surface area contributed by atoms with Crippen LogP contribution in [0, 0.1) is 0 Å². The average molecular weight is 310 g/mol. The molecule has 0 bridgehead atoms. The smallest absolute Gasteiger partial charge is 0.0762 e. The summed E-state index contributed by atoms with van der Waals surface area (Å²) in [4.78, 5) is 3.59. The van der Waals surface area contributed by atoms with E-state index in [-0.39, 0.29) is 0 Å². The molecule has 1 heterocycles. The van der Waals surface area contributed by atoms with Crippen molar-refractivity contribution in [1.82, 2.24) is 0 Å². The number of thiophene rings is 1. The van der Waals surface area contributed by atoms with Crippen LogP contribution in [0.25, 0.3) is 0 Å². The van der Waals surface area contributed by atoms with Gasteiger partial charge in [0.05, 0.1) is 23.4 Å². The third-order valence-electron chi connectivity index (χ3n) is 3.29. The van der Waals surface area contributed by atoms with Crippen LogP contribution in [-0.2, 0) is 6.54 Å². The maximum Gasteiger partial charge on any atom is 0.0762 e. The Morgan fingerprint density at radius 3 is 2.50 bits per heavy atom. The lowest BCUT2D eigenvalue weighted by Gasteiger charge is -2.29. The van der Waals surface area contributed by atoms with E-state index in [4.69, 9.17) is 11.6 Å². The number of rotatable bonds is 5. The fourth-order valence-corrected chi connectivity index (χ4v) is 3.13. The minimum atomic E-state index is -0.494. The zero-order valence-corrected chi connectivity index (χ0v) is 13.6. The molecular weight excluding hydrogens is 290 g/mol. The van der Waals surface area contributed by atoms with Gasteiger partial charge in [0.25, 0.3) is 0 Å². The summed E-state index contributed by atoms with van der Waals surface area (Å²) in [6.07, 6.45) is -0.494. The molecule has 20 heavy (non-hydrogen) atoms. The van der Waals surface area contributed by atoms with Crippen LogP contribution < -0.4 is 4.90 Å². The monoisotopic (exact) mass is 309 g/mol. The second-order valence-electron chi connectivity index (χ2n) is 5.19. The summed E-state index contributed by atoms with van der Waals surface area (Å²) < 4.78 is 0. The third kappa shape index (κ3) is 3.54. The van der Waals surface area contributed by atoms with Crippen molar-refractivity contribution in [2.75, 3.05) is 4.90 Å². The maximum atomic E-state index is 9.62. The summed E-state index contributed by atoms with van der Waals surface area (Å²) in [5.74, 6) is 0. The molecule has 0 fully saturated rings. The van der Waals surface area contributed by atoms with Crippen molar-refractivity contribution >= 4 is 28.6 Å². The van der Waals surface area contributed by atoms with E-state index in [1.807, 2.05) is 18.2 Å². The van der Waals surface area contributed by atoms with Crippen molar-refractivity contribution in [2.24, 2.45) is 0 Å². The topological polar surface area (TPSA) is 23.5 Å². The van der Waals surface area contributed by atoms with Gasteiger partial charge in [-0.2, -0.15) is 0 Å². The molecule has 1 N–H and O–H groups in total. The normalized spacial score (nSPS) is 12.7. The molecule has 1 aromatic carbocycles. The summed E-state index contributed by atoms with van der Waals surface area (Å²) in [7, 11) is 0. The van der Waals surface area contributed by atoms with Crippen molar-refractivity contribution in [3.05, 3.63) is 51.2 Å². The second kappa shape index (κ2) is 6.61. The molecule has 1 atom stereocenters. The molecular formula is C16H20ClNOS. The third-order valence-corrected chi connectivity index (χ3v) is 4.46. The molecule has 0 aliphatic carbocycles. The fraction of sp³-hybridized carbons (Fsp3) is 0.375. The van der Waals surface area contributed by atoms with Crippen LogP contribution in [0.4, 0.5) is 5.69 Å².